The fraction of sp³-hybridized carbons (Fsp3) is 0.229. The summed E-state index contributed by atoms with van der Waals surface area (Å²) in [6, 6.07) is 23.4. The standard InChI is InChI=1S/C35H32FN3O4/c36-27-10-6-24(7-11-27)20-35(21-33(41)42)13-16-39(17-14-35)32(40)18-23-4-8-25(9-5-23)28-2-1-3-29(34(28)43)30-19-26-12-15-37-22-31(26)38-30/h1-12,15,19,22,38,43H,13-14,16-18,20-21H2,(H,41,42). The molecule has 1 saturated heterocycles. The van der Waals surface area contributed by atoms with E-state index in [9.17, 15) is 24.2 Å². The second-order valence-electron chi connectivity index (χ2n) is 11.5. The predicted octanol–water partition coefficient (Wildman–Crippen LogP) is 6.61. The first-order valence-corrected chi connectivity index (χ1v) is 14.4. The van der Waals surface area contributed by atoms with Crippen LogP contribution < -0.4 is 0 Å². The Morgan fingerprint density at radius 3 is 2.33 bits per heavy atom. The summed E-state index contributed by atoms with van der Waals surface area (Å²) >= 11 is 0. The van der Waals surface area contributed by atoms with Crippen LogP contribution in [0, 0.1) is 11.2 Å². The van der Waals surface area contributed by atoms with Crippen LogP contribution in [0.2, 0.25) is 0 Å². The third kappa shape index (κ3) is 6.14. The van der Waals surface area contributed by atoms with E-state index in [1.54, 1.807) is 24.5 Å². The molecule has 0 aliphatic carbocycles. The molecule has 8 heteroatoms. The zero-order chi connectivity index (χ0) is 30.0. The Morgan fingerprint density at radius 1 is 0.930 bits per heavy atom. The maximum Gasteiger partial charge on any atom is 0.303 e. The Hall–Kier alpha value is -4.98. The molecule has 0 bridgehead atoms. The molecule has 1 aliphatic rings. The lowest BCUT2D eigenvalue weighted by molar-refractivity contribution is -0.141. The number of piperidine rings is 1. The first-order chi connectivity index (χ1) is 20.8. The normalized spacial score (nSPS) is 14.6. The van der Waals surface area contributed by atoms with Crippen LogP contribution >= 0.6 is 0 Å². The van der Waals surface area contributed by atoms with Crippen molar-refractivity contribution >= 4 is 22.8 Å². The molecule has 0 radical (unpaired) electrons. The van der Waals surface area contributed by atoms with Gasteiger partial charge >= 0.3 is 5.97 Å². The van der Waals surface area contributed by atoms with E-state index < -0.39 is 11.4 Å². The van der Waals surface area contributed by atoms with Gasteiger partial charge in [-0.25, -0.2) is 4.39 Å². The molecule has 3 aromatic carbocycles. The molecule has 0 unspecified atom stereocenters. The van der Waals surface area contributed by atoms with E-state index in [-0.39, 0.29) is 30.3 Å². The number of hydrogen-bond donors (Lipinski definition) is 3. The SMILES string of the molecule is O=C(O)CC1(Cc2ccc(F)cc2)CCN(C(=O)Cc2ccc(-c3cccc(-c4cc5ccncc5[nH]4)c3O)cc2)CC1. The number of carbonyl (C=O) groups is 2. The molecule has 43 heavy (non-hydrogen) atoms. The molecule has 1 aliphatic heterocycles. The molecule has 1 fully saturated rings. The highest BCUT2D eigenvalue weighted by atomic mass is 19.1. The summed E-state index contributed by atoms with van der Waals surface area (Å²) in [5.41, 5.74) is 5.21. The number of carbonyl (C=O) groups excluding carboxylic acids is 1. The number of halogens is 1. The fourth-order valence-electron chi connectivity index (χ4n) is 6.20. The molecule has 0 saturated carbocycles. The van der Waals surface area contributed by atoms with Crippen molar-refractivity contribution in [2.45, 2.75) is 32.1 Å². The Morgan fingerprint density at radius 2 is 1.63 bits per heavy atom. The minimum atomic E-state index is -0.864. The molecule has 0 atom stereocenters. The largest absolute Gasteiger partial charge is 0.507 e. The van der Waals surface area contributed by atoms with Gasteiger partial charge in [0.25, 0.3) is 0 Å². The monoisotopic (exact) mass is 577 g/mol. The fourth-order valence-corrected chi connectivity index (χ4v) is 6.20. The van der Waals surface area contributed by atoms with Crippen LogP contribution in [-0.4, -0.2) is 50.0 Å². The lowest BCUT2D eigenvalue weighted by Crippen LogP contribution is -2.45. The topological polar surface area (TPSA) is 107 Å². The predicted molar refractivity (Wildman–Crippen MR) is 163 cm³/mol. The van der Waals surface area contributed by atoms with Gasteiger partial charge in [0.05, 0.1) is 30.2 Å². The molecular weight excluding hydrogens is 545 g/mol. The van der Waals surface area contributed by atoms with Crippen LogP contribution in [-0.2, 0) is 22.4 Å². The number of aromatic nitrogens is 2. The van der Waals surface area contributed by atoms with E-state index in [0.717, 1.165) is 33.3 Å². The maximum atomic E-state index is 13.4. The highest BCUT2D eigenvalue weighted by Gasteiger charge is 2.38. The third-order valence-electron chi connectivity index (χ3n) is 8.57. The molecule has 7 nitrogen and oxygen atoms in total. The summed E-state index contributed by atoms with van der Waals surface area (Å²) in [6.45, 7) is 0.964. The molecule has 3 heterocycles. The number of likely N-dealkylation sites (tertiary alicyclic amines) is 1. The third-order valence-corrected chi connectivity index (χ3v) is 8.57. The van der Waals surface area contributed by atoms with Gasteiger partial charge in [0.15, 0.2) is 0 Å². The van der Waals surface area contributed by atoms with E-state index in [4.69, 9.17) is 0 Å². The number of aromatic amines is 1. The molecule has 0 spiro atoms. The summed E-state index contributed by atoms with van der Waals surface area (Å²) in [5.74, 6) is -1.02. The van der Waals surface area contributed by atoms with Crippen molar-refractivity contribution in [3.8, 4) is 28.1 Å². The van der Waals surface area contributed by atoms with Crippen molar-refractivity contribution in [1.29, 1.82) is 0 Å². The summed E-state index contributed by atoms with van der Waals surface area (Å²) < 4.78 is 13.4. The molecule has 218 valence electrons. The van der Waals surface area contributed by atoms with Crippen molar-refractivity contribution in [2.75, 3.05) is 13.1 Å². The Labute approximate surface area is 248 Å². The molecule has 5 aromatic rings. The van der Waals surface area contributed by atoms with E-state index in [0.29, 0.717) is 43.5 Å². The second-order valence-corrected chi connectivity index (χ2v) is 11.5. The second kappa shape index (κ2) is 11.7. The number of nitrogens with one attached hydrogen (secondary N) is 1. The summed E-state index contributed by atoms with van der Waals surface area (Å²) in [4.78, 5) is 34.2. The van der Waals surface area contributed by atoms with Crippen LogP contribution in [0.15, 0.2) is 91.3 Å². The van der Waals surface area contributed by atoms with Crippen LogP contribution in [0.4, 0.5) is 4.39 Å². The molecule has 2 aromatic heterocycles. The number of carboxylic acids is 1. The van der Waals surface area contributed by atoms with Crippen LogP contribution in [0.1, 0.15) is 30.4 Å². The highest BCUT2D eigenvalue weighted by molar-refractivity contribution is 5.89. The number of aliphatic carboxylic acids is 1. The number of H-pyrrole nitrogens is 1. The number of carboxylic acid groups (broad SMARTS) is 1. The van der Waals surface area contributed by atoms with Crippen molar-refractivity contribution in [3.05, 3.63) is 108 Å². The number of phenolic OH excluding ortho intramolecular Hbond substituents is 1. The smallest absolute Gasteiger partial charge is 0.303 e. The number of rotatable bonds is 8. The lowest BCUT2D eigenvalue weighted by Gasteiger charge is -2.41. The average Bonchev–Trinajstić information content (AvgIpc) is 3.43. The molecule has 1 amide bonds. The van der Waals surface area contributed by atoms with Gasteiger partial charge in [0.2, 0.25) is 5.91 Å². The number of fused-ring (bicyclic) bond motifs is 1. The van der Waals surface area contributed by atoms with E-state index in [1.165, 1.54) is 12.1 Å². The maximum absolute atomic E-state index is 13.4. The first-order valence-electron chi connectivity index (χ1n) is 14.4. The van der Waals surface area contributed by atoms with Crippen LogP contribution in [0.25, 0.3) is 33.3 Å². The van der Waals surface area contributed by atoms with Crippen molar-refractivity contribution in [2.24, 2.45) is 5.41 Å². The van der Waals surface area contributed by atoms with Gasteiger partial charge < -0.3 is 20.1 Å². The van der Waals surface area contributed by atoms with Gasteiger partial charge in [-0.05, 0) is 71.7 Å². The van der Waals surface area contributed by atoms with Crippen LogP contribution in [0.5, 0.6) is 5.75 Å². The van der Waals surface area contributed by atoms with E-state index in [1.807, 2.05) is 59.5 Å². The summed E-state index contributed by atoms with van der Waals surface area (Å²) in [7, 11) is 0. The number of para-hydroxylation sites is 1. The highest BCUT2D eigenvalue weighted by Crippen LogP contribution is 2.40. The van der Waals surface area contributed by atoms with Crippen molar-refractivity contribution in [1.82, 2.24) is 14.9 Å². The number of amides is 1. The zero-order valence-corrected chi connectivity index (χ0v) is 23.6. The number of pyridine rings is 1. The van der Waals surface area contributed by atoms with Gasteiger partial charge in [0.1, 0.15) is 11.6 Å². The Balaban J connectivity index is 1.12. The summed E-state index contributed by atoms with van der Waals surface area (Å²) in [5, 5.41) is 21.8. The molecule has 6 rings (SSSR count). The van der Waals surface area contributed by atoms with Gasteiger partial charge in [-0.3, -0.25) is 14.6 Å². The van der Waals surface area contributed by atoms with Gasteiger partial charge in [-0.1, -0.05) is 48.5 Å². The Kier molecular flexibility index (Phi) is 7.67. The minimum absolute atomic E-state index is 0.00315. The number of phenols is 1. The van der Waals surface area contributed by atoms with Gasteiger partial charge in [0, 0.05) is 35.8 Å². The van der Waals surface area contributed by atoms with Crippen molar-refractivity contribution in [3.63, 3.8) is 0 Å². The van der Waals surface area contributed by atoms with Crippen molar-refractivity contribution < 1.29 is 24.2 Å². The zero-order valence-electron chi connectivity index (χ0n) is 23.6. The number of hydrogen-bond acceptors (Lipinski definition) is 4. The Bertz CT molecular complexity index is 1740. The van der Waals surface area contributed by atoms with E-state index >= 15 is 0 Å². The van der Waals surface area contributed by atoms with Gasteiger partial charge in [-0.15, -0.1) is 0 Å². The number of aromatic hydroxyl groups is 1. The quantitative estimate of drug-likeness (QED) is 0.192. The lowest BCUT2D eigenvalue weighted by atomic mass is 9.71. The van der Waals surface area contributed by atoms with E-state index in [2.05, 4.69) is 9.97 Å². The molecular formula is C35H32FN3O4. The number of nitrogens with zero attached hydrogens (tertiary/aromatic N) is 2. The van der Waals surface area contributed by atoms with Gasteiger partial charge in [-0.2, -0.15) is 0 Å². The van der Waals surface area contributed by atoms with Crippen LogP contribution in [0.3, 0.4) is 0 Å². The number of benzene rings is 3. The minimum Gasteiger partial charge on any atom is -0.507 e. The first kappa shape index (κ1) is 28.2. The molecule has 3 N–H and O–H groups in total. The average molecular weight is 578 g/mol. The summed E-state index contributed by atoms with van der Waals surface area (Å²) in [6.07, 6.45) is 5.42.